The Morgan fingerprint density at radius 2 is 0.520 bits per heavy atom. The highest BCUT2D eigenvalue weighted by Gasteiger charge is 2.30. The Kier molecular flexibility index (Phi) is 68.1. The van der Waals surface area contributed by atoms with Crippen LogP contribution >= 0.6 is 15.6 Å². The quantitative estimate of drug-likeness (QED) is 0.0222. The third-order valence-corrected chi connectivity index (χ3v) is 20.6. The first-order valence-electron chi connectivity index (χ1n) is 40.9. The molecule has 0 aromatic heterocycles. The number of carbonyl (C=O) groups excluding carboxylic acids is 4. The fourth-order valence-electron chi connectivity index (χ4n) is 12.1. The number of carbonyl (C=O) groups is 4. The number of aliphatic hydroxyl groups is 1. The summed E-state index contributed by atoms with van der Waals surface area (Å²) in [6, 6.07) is 0. The molecular weight excluding hydrogens is 1280 g/mol. The maximum absolute atomic E-state index is 13.1. The van der Waals surface area contributed by atoms with E-state index in [-0.39, 0.29) is 25.7 Å². The van der Waals surface area contributed by atoms with Gasteiger partial charge in [0.2, 0.25) is 0 Å². The molecule has 0 aliphatic rings. The van der Waals surface area contributed by atoms with E-state index in [1.807, 2.05) is 0 Å². The number of phosphoric ester groups is 2. The Bertz CT molecular complexity index is 1910. The van der Waals surface area contributed by atoms with Crippen LogP contribution in [0, 0.1) is 17.8 Å². The third kappa shape index (κ3) is 71.1. The lowest BCUT2D eigenvalue weighted by molar-refractivity contribution is -0.161. The highest BCUT2D eigenvalue weighted by atomic mass is 31.2. The molecule has 98 heavy (non-hydrogen) atoms. The number of hydrogen-bond donors (Lipinski definition) is 3. The molecule has 0 aromatic carbocycles. The van der Waals surface area contributed by atoms with E-state index in [0.717, 1.165) is 108 Å². The first kappa shape index (κ1) is 96.1. The average Bonchev–Trinajstić information content (AvgIpc) is 2.00. The van der Waals surface area contributed by atoms with Crippen molar-refractivity contribution in [3.05, 3.63) is 0 Å². The number of ether oxygens (including phenoxy) is 4. The lowest BCUT2D eigenvalue weighted by atomic mass is 9.99. The topological polar surface area (TPSA) is 237 Å². The van der Waals surface area contributed by atoms with Gasteiger partial charge in [-0.2, -0.15) is 0 Å². The van der Waals surface area contributed by atoms with Crippen molar-refractivity contribution in [2.75, 3.05) is 39.6 Å². The van der Waals surface area contributed by atoms with Crippen LogP contribution < -0.4 is 0 Å². The first-order valence-corrected chi connectivity index (χ1v) is 43.9. The Labute approximate surface area is 600 Å². The Hall–Kier alpha value is -1.94. The standard InChI is InChI=1S/C79H154O17P2/c1-8-10-11-12-13-14-15-16-17-18-19-20-21-22-23-24-25-26-33-40-48-55-62-78(83)95-74(66-89-76(81)60-53-46-39-32-28-27-31-38-45-52-59-72(7)9-2)68-93-97(85,86)91-64-73(80)65-92-98(87,88)94-69-75(67-90-77(82)61-54-47-42-35-37-44-51-58-71(5)6)96-79(84)63-56-49-41-34-29-30-36-43-50-57-70(3)4/h70-75,80H,8-69H2,1-7H3,(H,85,86)(H,87,88)/t72?,73-,74-,75-/m1/s1. The summed E-state index contributed by atoms with van der Waals surface area (Å²) in [4.78, 5) is 72.9. The SMILES string of the molecule is CCCCCCCCCCCCCCCCCCCCCCCCC(=O)O[C@H](COC(=O)CCCCCCCCCCCCC(C)CC)COP(=O)(O)OC[C@@H](O)COP(=O)(O)OC[C@@H](COC(=O)CCCCCCCCCC(C)C)OC(=O)CCCCCCCCCCCC(C)C. The highest BCUT2D eigenvalue weighted by Crippen LogP contribution is 2.45. The first-order chi connectivity index (χ1) is 47.3. The number of hydrogen-bond acceptors (Lipinski definition) is 15. The summed E-state index contributed by atoms with van der Waals surface area (Å²) in [5, 5.41) is 10.6. The monoisotopic (exact) mass is 1440 g/mol. The van der Waals surface area contributed by atoms with Crippen LogP contribution in [0.4, 0.5) is 0 Å². The van der Waals surface area contributed by atoms with E-state index in [4.69, 9.17) is 37.0 Å². The van der Waals surface area contributed by atoms with Crippen LogP contribution in [0.15, 0.2) is 0 Å². The second kappa shape index (κ2) is 69.4. The fraction of sp³-hybridized carbons (Fsp3) is 0.949. The molecule has 0 saturated heterocycles. The maximum atomic E-state index is 13.1. The second-order valence-electron chi connectivity index (χ2n) is 29.6. The van der Waals surface area contributed by atoms with E-state index >= 15 is 0 Å². The Balaban J connectivity index is 5.20. The summed E-state index contributed by atoms with van der Waals surface area (Å²) in [7, 11) is -9.92. The van der Waals surface area contributed by atoms with Crippen LogP contribution in [-0.2, 0) is 65.4 Å². The van der Waals surface area contributed by atoms with E-state index in [9.17, 15) is 43.2 Å². The molecule has 3 N–H and O–H groups in total. The molecule has 0 spiro atoms. The highest BCUT2D eigenvalue weighted by molar-refractivity contribution is 7.47. The number of aliphatic hydroxyl groups excluding tert-OH is 1. The largest absolute Gasteiger partial charge is 0.472 e. The zero-order valence-corrected chi connectivity index (χ0v) is 66.0. The summed E-state index contributed by atoms with van der Waals surface area (Å²) < 4.78 is 68.6. The molecule has 0 radical (unpaired) electrons. The van der Waals surface area contributed by atoms with Gasteiger partial charge in [0, 0.05) is 25.7 Å². The van der Waals surface area contributed by atoms with Crippen molar-refractivity contribution in [2.24, 2.45) is 17.8 Å². The summed E-state index contributed by atoms with van der Waals surface area (Å²) >= 11 is 0. The Morgan fingerprint density at radius 3 is 0.776 bits per heavy atom. The predicted octanol–water partition coefficient (Wildman–Crippen LogP) is 23.4. The molecule has 0 amide bonds. The number of phosphoric acid groups is 2. The third-order valence-electron chi connectivity index (χ3n) is 18.7. The van der Waals surface area contributed by atoms with Crippen molar-refractivity contribution < 1.29 is 80.2 Å². The van der Waals surface area contributed by atoms with Crippen LogP contribution in [0.1, 0.15) is 408 Å². The zero-order valence-electron chi connectivity index (χ0n) is 64.3. The molecule has 0 fully saturated rings. The molecule has 0 aliphatic heterocycles. The lowest BCUT2D eigenvalue weighted by Crippen LogP contribution is -2.30. The van der Waals surface area contributed by atoms with Crippen LogP contribution in [0.2, 0.25) is 0 Å². The number of unbranched alkanes of at least 4 members (excludes halogenated alkanes) is 44. The zero-order chi connectivity index (χ0) is 72.3. The van der Waals surface area contributed by atoms with E-state index < -0.39 is 97.5 Å². The summed E-state index contributed by atoms with van der Waals surface area (Å²) in [6.07, 6.45) is 57.1. The number of esters is 4. The molecule has 0 heterocycles. The van der Waals surface area contributed by atoms with Gasteiger partial charge in [-0.25, -0.2) is 9.13 Å². The normalized spacial score (nSPS) is 14.3. The van der Waals surface area contributed by atoms with E-state index in [2.05, 4.69) is 48.5 Å². The second-order valence-corrected chi connectivity index (χ2v) is 32.6. The van der Waals surface area contributed by atoms with Crippen molar-refractivity contribution in [3.63, 3.8) is 0 Å². The molecule has 0 aliphatic carbocycles. The molecule has 3 unspecified atom stereocenters. The molecule has 19 heteroatoms. The van der Waals surface area contributed by atoms with Gasteiger partial charge in [0.1, 0.15) is 19.3 Å². The lowest BCUT2D eigenvalue weighted by Gasteiger charge is -2.21. The average molecular weight is 1440 g/mol. The van der Waals surface area contributed by atoms with E-state index in [1.54, 1.807) is 0 Å². The van der Waals surface area contributed by atoms with Gasteiger partial charge >= 0.3 is 39.5 Å². The molecule has 0 aromatic rings. The molecule has 17 nitrogen and oxygen atoms in total. The van der Waals surface area contributed by atoms with Gasteiger partial charge in [-0.15, -0.1) is 0 Å². The molecule has 582 valence electrons. The number of rotatable bonds is 77. The smallest absolute Gasteiger partial charge is 0.462 e. The van der Waals surface area contributed by atoms with E-state index in [0.29, 0.717) is 31.6 Å². The minimum Gasteiger partial charge on any atom is -0.462 e. The van der Waals surface area contributed by atoms with Gasteiger partial charge in [0.05, 0.1) is 26.4 Å². The predicted molar refractivity (Wildman–Crippen MR) is 400 cm³/mol. The molecular formula is C79H154O17P2. The molecule has 6 atom stereocenters. The van der Waals surface area contributed by atoms with Crippen molar-refractivity contribution in [2.45, 2.75) is 426 Å². The van der Waals surface area contributed by atoms with Gasteiger partial charge < -0.3 is 33.8 Å². The van der Waals surface area contributed by atoms with Crippen molar-refractivity contribution >= 4 is 39.5 Å². The van der Waals surface area contributed by atoms with Gasteiger partial charge in [0.15, 0.2) is 12.2 Å². The molecule has 0 bridgehead atoms. The summed E-state index contributed by atoms with van der Waals surface area (Å²) in [6.45, 7) is 11.9. The van der Waals surface area contributed by atoms with Gasteiger partial charge in [-0.05, 0) is 43.4 Å². The minimum atomic E-state index is -4.96. The summed E-state index contributed by atoms with van der Waals surface area (Å²) in [5.41, 5.74) is 0. The van der Waals surface area contributed by atoms with Gasteiger partial charge in [-0.1, -0.05) is 357 Å². The van der Waals surface area contributed by atoms with Gasteiger partial charge in [0.25, 0.3) is 0 Å². The summed E-state index contributed by atoms with van der Waals surface area (Å²) in [5.74, 6) is 0.133. The molecule has 0 saturated carbocycles. The minimum absolute atomic E-state index is 0.104. The van der Waals surface area contributed by atoms with E-state index in [1.165, 1.54) is 212 Å². The van der Waals surface area contributed by atoms with Crippen molar-refractivity contribution in [1.82, 2.24) is 0 Å². The molecule has 0 rings (SSSR count). The van der Waals surface area contributed by atoms with Crippen molar-refractivity contribution in [1.29, 1.82) is 0 Å². The van der Waals surface area contributed by atoms with Crippen LogP contribution in [0.25, 0.3) is 0 Å². The maximum Gasteiger partial charge on any atom is 0.472 e. The van der Waals surface area contributed by atoms with Crippen LogP contribution in [-0.4, -0.2) is 96.7 Å². The van der Waals surface area contributed by atoms with Crippen LogP contribution in [0.3, 0.4) is 0 Å². The Morgan fingerprint density at radius 1 is 0.296 bits per heavy atom. The van der Waals surface area contributed by atoms with Gasteiger partial charge in [-0.3, -0.25) is 37.3 Å². The van der Waals surface area contributed by atoms with Crippen LogP contribution in [0.5, 0.6) is 0 Å². The fourth-order valence-corrected chi connectivity index (χ4v) is 13.7. The van der Waals surface area contributed by atoms with Crippen molar-refractivity contribution in [3.8, 4) is 0 Å².